The van der Waals surface area contributed by atoms with Crippen molar-refractivity contribution in [2.75, 3.05) is 13.1 Å². The molecule has 0 N–H and O–H groups in total. The fourth-order valence-corrected chi connectivity index (χ4v) is 4.26. The van der Waals surface area contributed by atoms with Gasteiger partial charge in [0.15, 0.2) is 0 Å². The summed E-state index contributed by atoms with van der Waals surface area (Å²) in [5.74, 6) is 1.29. The lowest BCUT2D eigenvalue weighted by molar-refractivity contribution is 0.341. The van der Waals surface area contributed by atoms with E-state index in [-0.39, 0.29) is 0 Å². The molecule has 3 nitrogen and oxygen atoms in total. The first-order valence-electron chi connectivity index (χ1n) is 7.07. The normalized spacial score (nSPS) is 22.4. The minimum Gasteiger partial charge on any atom is -0.207 e. The zero-order valence-corrected chi connectivity index (χ0v) is 12.6. The Kier molecular flexibility index (Phi) is 4.63. The molecule has 1 saturated heterocycles. The van der Waals surface area contributed by atoms with Gasteiger partial charge in [0.25, 0.3) is 0 Å². The molecule has 1 aromatic rings. The van der Waals surface area contributed by atoms with Crippen molar-refractivity contribution in [3.8, 4) is 0 Å². The average Bonchev–Trinajstić information content (AvgIpc) is 2.66. The zero-order valence-electron chi connectivity index (χ0n) is 11.7. The second kappa shape index (κ2) is 6.06. The third-order valence-corrected chi connectivity index (χ3v) is 5.97. The van der Waals surface area contributed by atoms with E-state index in [9.17, 15) is 8.42 Å². The first-order chi connectivity index (χ1) is 9.01. The molecule has 0 aromatic heterocycles. The van der Waals surface area contributed by atoms with Crippen LogP contribution in [0.4, 0.5) is 0 Å². The van der Waals surface area contributed by atoms with Crippen molar-refractivity contribution >= 4 is 10.0 Å². The van der Waals surface area contributed by atoms with Gasteiger partial charge < -0.3 is 0 Å². The maximum absolute atomic E-state index is 12.5. The van der Waals surface area contributed by atoms with Gasteiger partial charge in [-0.2, -0.15) is 4.31 Å². The van der Waals surface area contributed by atoms with Crippen LogP contribution in [0.1, 0.15) is 33.1 Å². The van der Waals surface area contributed by atoms with E-state index in [0.29, 0.717) is 29.8 Å². The number of hydrogen-bond donors (Lipinski definition) is 0. The second-order valence-electron chi connectivity index (χ2n) is 5.65. The molecule has 1 fully saturated rings. The number of nitrogens with zero attached hydrogens (tertiary/aromatic N) is 1. The van der Waals surface area contributed by atoms with Gasteiger partial charge in [-0.3, -0.25) is 0 Å². The summed E-state index contributed by atoms with van der Waals surface area (Å²) in [5.41, 5.74) is 0. The number of rotatable bonds is 3. The number of benzene rings is 1. The van der Waals surface area contributed by atoms with E-state index >= 15 is 0 Å². The van der Waals surface area contributed by atoms with Gasteiger partial charge in [-0.15, -0.1) is 0 Å². The summed E-state index contributed by atoms with van der Waals surface area (Å²) in [6.07, 6.45) is 3.08. The molecule has 0 spiro atoms. The van der Waals surface area contributed by atoms with Crippen LogP contribution in [-0.4, -0.2) is 25.8 Å². The molecule has 4 heteroatoms. The molecule has 1 aromatic carbocycles. The molecule has 2 rings (SSSR count). The molecule has 1 atom stereocenters. The fourth-order valence-electron chi connectivity index (χ4n) is 2.74. The van der Waals surface area contributed by atoms with Crippen molar-refractivity contribution in [2.45, 2.75) is 38.0 Å². The van der Waals surface area contributed by atoms with Gasteiger partial charge in [0.1, 0.15) is 0 Å². The number of sulfonamides is 1. The Bertz CT molecular complexity index is 496. The molecule has 0 bridgehead atoms. The molecule has 0 aliphatic carbocycles. The minimum atomic E-state index is -3.30. The van der Waals surface area contributed by atoms with Crippen molar-refractivity contribution < 1.29 is 8.42 Å². The topological polar surface area (TPSA) is 37.4 Å². The predicted molar refractivity (Wildman–Crippen MR) is 77.4 cm³/mol. The molecular formula is C15H23NO2S. The Labute approximate surface area is 116 Å². The molecular weight excluding hydrogens is 258 g/mol. The van der Waals surface area contributed by atoms with Crippen LogP contribution in [-0.2, 0) is 10.0 Å². The van der Waals surface area contributed by atoms with Crippen LogP contribution < -0.4 is 0 Å². The number of hydrogen-bond acceptors (Lipinski definition) is 2. The van der Waals surface area contributed by atoms with E-state index in [4.69, 9.17) is 0 Å². The van der Waals surface area contributed by atoms with Gasteiger partial charge >= 0.3 is 0 Å². The van der Waals surface area contributed by atoms with Crippen LogP contribution in [0.5, 0.6) is 0 Å². The molecule has 1 aliphatic heterocycles. The van der Waals surface area contributed by atoms with E-state index in [1.54, 1.807) is 28.6 Å². The lowest BCUT2D eigenvalue weighted by Crippen LogP contribution is -2.32. The van der Waals surface area contributed by atoms with Crippen molar-refractivity contribution in [3.63, 3.8) is 0 Å². The summed E-state index contributed by atoms with van der Waals surface area (Å²) in [4.78, 5) is 0.415. The largest absolute Gasteiger partial charge is 0.243 e. The lowest BCUT2D eigenvalue weighted by Gasteiger charge is -2.21. The van der Waals surface area contributed by atoms with Crippen LogP contribution in [0.25, 0.3) is 0 Å². The highest BCUT2D eigenvalue weighted by atomic mass is 32.2. The summed E-state index contributed by atoms with van der Waals surface area (Å²) in [7, 11) is -3.30. The summed E-state index contributed by atoms with van der Waals surface area (Å²) in [6.45, 7) is 5.76. The first kappa shape index (κ1) is 14.5. The van der Waals surface area contributed by atoms with Crippen molar-refractivity contribution in [1.82, 2.24) is 4.31 Å². The molecule has 1 aliphatic rings. The van der Waals surface area contributed by atoms with Crippen LogP contribution in [0, 0.1) is 11.8 Å². The maximum Gasteiger partial charge on any atom is 0.243 e. The molecule has 1 heterocycles. The smallest absolute Gasteiger partial charge is 0.207 e. The van der Waals surface area contributed by atoms with Gasteiger partial charge in [-0.25, -0.2) is 8.42 Å². The van der Waals surface area contributed by atoms with Crippen molar-refractivity contribution in [1.29, 1.82) is 0 Å². The van der Waals surface area contributed by atoms with Gasteiger partial charge in [0, 0.05) is 13.1 Å². The van der Waals surface area contributed by atoms with E-state index in [1.807, 2.05) is 6.07 Å². The first-order valence-corrected chi connectivity index (χ1v) is 8.51. The van der Waals surface area contributed by atoms with Gasteiger partial charge in [-0.1, -0.05) is 32.0 Å². The highest BCUT2D eigenvalue weighted by Crippen LogP contribution is 2.27. The second-order valence-corrected chi connectivity index (χ2v) is 7.59. The van der Waals surface area contributed by atoms with Crippen molar-refractivity contribution in [2.24, 2.45) is 11.8 Å². The molecule has 19 heavy (non-hydrogen) atoms. The summed E-state index contributed by atoms with van der Waals surface area (Å²) < 4.78 is 26.7. The summed E-state index contributed by atoms with van der Waals surface area (Å²) >= 11 is 0. The van der Waals surface area contributed by atoms with Crippen LogP contribution in [0.15, 0.2) is 35.2 Å². The van der Waals surface area contributed by atoms with Crippen LogP contribution in [0.2, 0.25) is 0 Å². The Morgan fingerprint density at radius 2 is 1.79 bits per heavy atom. The summed E-state index contributed by atoms with van der Waals surface area (Å²) in [5, 5.41) is 0. The van der Waals surface area contributed by atoms with E-state index in [2.05, 4.69) is 13.8 Å². The van der Waals surface area contributed by atoms with Gasteiger partial charge in [-0.05, 0) is 43.2 Å². The third kappa shape index (κ3) is 3.37. The maximum atomic E-state index is 12.5. The monoisotopic (exact) mass is 281 g/mol. The standard InChI is InChI=1S/C15H23NO2S/c1-13(2)14-7-6-11-16(12-10-14)19(17,18)15-8-4-3-5-9-15/h3-5,8-9,13-14H,6-7,10-12H2,1-2H3. The summed E-state index contributed by atoms with van der Waals surface area (Å²) in [6, 6.07) is 8.76. The van der Waals surface area contributed by atoms with Crippen molar-refractivity contribution in [3.05, 3.63) is 30.3 Å². The predicted octanol–water partition coefficient (Wildman–Crippen LogP) is 3.13. The third-order valence-electron chi connectivity index (χ3n) is 4.06. The van der Waals surface area contributed by atoms with Gasteiger partial charge in [0.2, 0.25) is 10.0 Å². The molecule has 0 radical (unpaired) electrons. The highest BCUT2D eigenvalue weighted by molar-refractivity contribution is 7.89. The quantitative estimate of drug-likeness (QED) is 0.853. The van der Waals surface area contributed by atoms with E-state index in [1.165, 1.54) is 0 Å². The SMILES string of the molecule is CC(C)C1CCCN(S(=O)(=O)c2ccccc2)CC1. The van der Waals surface area contributed by atoms with E-state index < -0.39 is 10.0 Å². The molecule has 1 unspecified atom stereocenters. The average molecular weight is 281 g/mol. The molecule has 106 valence electrons. The van der Waals surface area contributed by atoms with Gasteiger partial charge in [0.05, 0.1) is 4.90 Å². The lowest BCUT2D eigenvalue weighted by atomic mass is 9.89. The fraction of sp³-hybridized carbons (Fsp3) is 0.600. The Hall–Kier alpha value is -0.870. The van der Waals surface area contributed by atoms with Crippen LogP contribution in [0.3, 0.4) is 0 Å². The minimum absolute atomic E-state index is 0.415. The Morgan fingerprint density at radius 1 is 1.11 bits per heavy atom. The molecule has 0 amide bonds. The molecule has 0 saturated carbocycles. The van der Waals surface area contributed by atoms with E-state index in [0.717, 1.165) is 19.3 Å². The Morgan fingerprint density at radius 3 is 2.42 bits per heavy atom. The highest BCUT2D eigenvalue weighted by Gasteiger charge is 2.28. The van der Waals surface area contributed by atoms with Crippen LogP contribution >= 0.6 is 0 Å². The Balaban J connectivity index is 2.14. The zero-order chi connectivity index (χ0) is 13.9.